The Bertz CT molecular complexity index is 819. The maximum Gasteiger partial charge on any atom is 0.242 e. The lowest BCUT2D eigenvalue weighted by Crippen LogP contribution is -2.47. The number of ketones is 1. The first-order valence-electron chi connectivity index (χ1n) is 12.2. The molecule has 0 spiro atoms. The molecule has 0 amide bonds. The van der Waals surface area contributed by atoms with Gasteiger partial charge in [0.15, 0.2) is 10.8 Å². The lowest BCUT2D eigenvalue weighted by Gasteiger charge is -2.23. The minimum Gasteiger partial charge on any atom is -0.392 e. The molecule has 0 radical (unpaired) electrons. The van der Waals surface area contributed by atoms with Crippen molar-refractivity contribution in [3.63, 3.8) is 0 Å². The lowest BCUT2D eigenvalue weighted by molar-refractivity contribution is -0.122. The molecule has 0 aliphatic rings. The van der Waals surface area contributed by atoms with Crippen LogP contribution in [0.5, 0.6) is 0 Å². The van der Waals surface area contributed by atoms with Gasteiger partial charge in [-0.15, -0.1) is 0 Å². The van der Waals surface area contributed by atoms with Crippen LogP contribution < -0.4 is 10.4 Å². The third-order valence-electron chi connectivity index (χ3n) is 5.83. The van der Waals surface area contributed by atoms with E-state index in [1.807, 2.05) is 36.4 Å². The molecular formula is C29H41BrO2Si. The number of allylic oxidation sites excluding steroid dienone is 2. The fraction of sp³-hybridized carbons (Fsp3) is 0.483. The van der Waals surface area contributed by atoms with Gasteiger partial charge in [0.25, 0.3) is 0 Å². The van der Waals surface area contributed by atoms with Crippen LogP contribution >= 0.6 is 15.9 Å². The topological polar surface area (TPSA) is 26.3 Å². The summed E-state index contributed by atoms with van der Waals surface area (Å²) < 4.78 is 6.36. The highest BCUT2D eigenvalue weighted by Gasteiger charge is 2.24. The van der Waals surface area contributed by atoms with Crippen LogP contribution in [-0.2, 0) is 9.22 Å². The summed E-state index contributed by atoms with van der Waals surface area (Å²) in [5.41, 5.74) is 1.79. The van der Waals surface area contributed by atoms with Gasteiger partial charge in [0, 0.05) is 6.42 Å². The van der Waals surface area contributed by atoms with Crippen LogP contribution in [0.1, 0.15) is 73.1 Å². The molecular weight excluding hydrogens is 488 g/mol. The lowest BCUT2D eigenvalue weighted by atomic mass is 9.83. The maximum absolute atomic E-state index is 12.8. The second kappa shape index (κ2) is 14.0. The van der Waals surface area contributed by atoms with Gasteiger partial charge >= 0.3 is 0 Å². The molecule has 0 saturated carbocycles. The molecule has 0 heterocycles. The maximum atomic E-state index is 12.8. The molecule has 2 unspecified atom stereocenters. The van der Waals surface area contributed by atoms with E-state index in [1.54, 1.807) is 0 Å². The molecule has 33 heavy (non-hydrogen) atoms. The number of alkyl halides is 1. The number of carbonyl (C=O) groups excluding carboxylic acids is 1. The Balaban J connectivity index is 1.83. The van der Waals surface area contributed by atoms with Crippen molar-refractivity contribution in [1.29, 1.82) is 0 Å². The number of rotatable bonds is 13. The van der Waals surface area contributed by atoms with E-state index in [9.17, 15) is 4.79 Å². The van der Waals surface area contributed by atoms with Gasteiger partial charge in [-0.05, 0) is 54.3 Å². The molecule has 0 fully saturated rings. The summed E-state index contributed by atoms with van der Waals surface area (Å²) >= 11 is 3.53. The van der Waals surface area contributed by atoms with Crippen molar-refractivity contribution in [1.82, 2.24) is 0 Å². The van der Waals surface area contributed by atoms with Crippen molar-refractivity contribution in [2.45, 2.75) is 78.2 Å². The number of hydrogen-bond donors (Lipinski definition) is 0. The molecule has 0 bridgehead atoms. The van der Waals surface area contributed by atoms with E-state index >= 15 is 0 Å². The normalized spacial score (nSPS) is 14.3. The van der Waals surface area contributed by atoms with Gasteiger partial charge in [0.1, 0.15) is 0 Å². The Morgan fingerprint density at radius 3 is 2.06 bits per heavy atom. The second-order valence-corrected chi connectivity index (χ2v) is 13.7. The fourth-order valence-electron chi connectivity index (χ4n) is 4.35. The molecule has 0 saturated heterocycles. The predicted molar refractivity (Wildman–Crippen MR) is 148 cm³/mol. The monoisotopic (exact) mass is 528 g/mol. The zero-order chi connectivity index (χ0) is 24.3. The van der Waals surface area contributed by atoms with Crippen molar-refractivity contribution in [2.24, 2.45) is 11.3 Å². The van der Waals surface area contributed by atoms with Crippen LogP contribution in [0.2, 0.25) is 0 Å². The van der Waals surface area contributed by atoms with Crippen molar-refractivity contribution in [2.75, 3.05) is 0 Å². The standard InChI is InChI=1S/C29H41BrO2Si/c1-23(14-12-16-24(2)22-29(3,4)5)15-13-21-27(31)28(30)32-33(25-17-8-6-9-18-25)26-19-10-7-11-20-26/h6-11,15,17-20,24,28,33H,12-14,16,21-22H2,1-5H3. The van der Waals surface area contributed by atoms with Crippen LogP contribution in [0.4, 0.5) is 0 Å². The molecule has 0 aliphatic carbocycles. The summed E-state index contributed by atoms with van der Waals surface area (Å²) in [6.45, 7) is 11.5. The summed E-state index contributed by atoms with van der Waals surface area (Å²) in [4.78, 5) is 12.8. The average Bonchev–Trinajstić information content (AvgIpc) is 2.77. The zero-order valence-corrected chi connectivity index (χ0v) is 23.8. The molecule has 2 rings (SSSR count). The highest BCUT2D eigenvalue weighted by molar-refractivity contribution is 9.09. The van der Waals surface area contributed by atoms with Crippen LogP contribution in [-0.4, -0.2) is 19.8 Å². The Morgan fingerprint density at radius 1 is 1.00 bits per heavy atom. The third kappa shape index (κ3) is 11.0. The smallest absolute Gasteiger partial charge is 0.242 e. The van der Waals surface area contributed by atoms with E-state index in [-0.39, 0.29) is 5.78 Å². The minimum absolute atomic E-state index is 0.113. The van der Waals surface area contributed by atoms with E-state index < -0.39 is 14.1 Å². The number of Topliss-reactive ketones (excluding diaryl/α,β-unsaturated/α-hetero) is 1. The average molecular weight is 530 g/mol. The quantitative estimate of drug-likeness (QED) is 0.162. The first-order chi connectivity index (χ1) is 15.7. The van der Waals surface area contributed by atoms with E-state index in [2.05, 4.69) is 80.9 Å². The summed E-state index contributed by atoms with van der Waals surface area (Å²) in [5, 5.41) is 1.79. The van der Waals surface area contributed by atoms with Crippen molar-refractivity contribution in [3.8, 4) is 0 Å². The highest BCUT2D eigenvalue weighted by atomic mass is 79.9. The zero-order valence-electron chi connectivity index (χ0n) is 21.0. The van der Waals surface area contributed by atoms with Gasteiger partial charge in [-0.1, -0.05) is 122 Å². The predicted octanol–water partition coefficient (Wildman–Crippen LogP) is 6.80. The van der Waals surface area contributed by atoms with E-state index in [1.165, 1.54) is 35.2 Å². The molecule has 180 valence electrons. The Labute approximate surface area is 211 Å². The first kappa shape index (κ1) is 27.7. The van der Waals surface area contributed by atoms with Gasteiger partial charge in [-0.25, -0.2) is 0 Å². The van der Waals surface area contributed by atoms with E-state index in [0.717, 1.165) is 18.8 Å². The van der Waals surface area contributed by atoms with Crippen LogP contribution in [0.15, 0.2) is 72.3 Å². The Hall–Kier alpha value is -1.49. The molecule has 2 aromatic carbocycles. The second-order valence-electron chi connectivity index (χ2n) is 10.5. The van der Waals surface area contributed by atoms with Gasteiger partial charge in [0.2, 0.25) is 9.04 Å². The molecule has 0 aliphatic heterocycles. The SMILES string of the molecule is CC(=CCCC(=O)C(Br)O[SiH](c1ccccc1)c1ccccc1)CCCC(C)CC(C)(C)C. The summed E-state index contributed by atoms with van der Waals surface area (Å²) in [7, 11) is -1.94. The number of benzene rings is 2. The van der Waals surface area contributed by atoms with Crippen molar-refractivity contribution < 1.29 is 9.22 Å². The highest BCUT2D eigenvalue weighted by Crippen LogP contribution is 2.27. The Kier molecular flexibility index (Phi) is 11.8. The van der Waals surface area contributed by atoms with E-state index in [4.69, 9.17) is 4.43 Å². The summed E-state index contributed by atoms with van der Waals surface area (Å²) in [6.07, 6.45) is 8.38. The molecule has 2 atom stereocenters. The minimum atomic E-state index is -1.94. The number of carbonyl (C=O) groups is 1. The van der Waals surface area contributed by atoms with E-state index in [0.29, 0.717) is 11.8 Å². The van der Waals surface area contributed by atoms with Gasteiger partial charge in [0.05, 0.1) is 0 Å². The largest absolute Gasteiger partial charge is 0.392 e. The van der Waals surface area contributed by atoms with Crippen LogP contribution in [0.3, 0.4) is 0 Å². The molecule has 0 aromatic heterocycles. The van der Waals surface area contributed by atoms with Gasteiger partial charge in [-0.2, -0.15) is 0 Å². The third-order valence-corrected chi connectivity index (χ3v) is 9.48. The first-order valence-corrected chi connectivity index (χ1v) is 14.8. The molecule has 2 aromatic rings. The van der Waals surface area contributed by atoms with Crippen LogP contribution in [0.25, 0.3) is 0 Å². The number of hydrogen-bond acceptors (Lipinski definition) is 2. The number of halogens is 1. The van der Waals surface area contributed by atoms with Crippen molar-refractivity contribution >= 4 is 41.1 Å². The Morgan fingerprint density at radius 2 is 1.55 bits per heavy atom. The fourth-order valence-corrected chi connectivity index (χ4v) is 7.46. The van der Waals surface area contributed by atoms with Crippen molar-refractivity contribution in [3.05, 3.63) is 72.3 Å². The molecule has 4 heteroatoms. The molecule has 2 nitrogen and oxygen atoms in total. The summed E-state index contributed by atoms with van der Waals surface area (Å²) in [5.74, 6) is 0.874. The molecule has 0 N–H and O–H groups in total. The van der Waals surface area contributed by atoms with Gasteiger partial charge in [-0.3, -0.25) is 4.79 Å². The van der Waals surface area contributed by atoms with Gasteiger partial charge < -0.3 is 4.43 Å². The van der Waals surface area contributed by atoms with Crippen LogP contribution in [0, 0.1) is 11.3 Å². The summed E-state index contributed by atoms with van der Waals surface area (Å²) in [6, 6.07) is 20.5.